The largest absolute Gasteiger partial charge is 0.349 e. The van der Waals surface area contributed by atoms with Gasteiger partial charge in [-0.1, -0.05) is 29.3 Å². The molecule has 1 aromatic rings. The summed E-state index contributed by atoms with van der Waals surface area (Å²) in [7, 11) is 0. The highest BCUT2D eigenvalue weighted by molar-refractivity contribution is 6.35. The van der Waals surface area contributed by atoms with Crippen molar-refractivity contribution in [1.29, 1.82) is 0 Å². The summed E-state index contributed by atoms with van der Waals surface area (Å²) in [6.07, 6.45) is 5.32. The standard InChI is InChI=1S/C14H16Cl2N2O/c15-11-5-3-10(13(16)8-11)4-6-14(19)18-12-2-1-7-17-9-12/h3-6,8,12,17H,1-2,7,9H2,(H,18,19)/b6-4+. The number of carbonyl (C=O) groups is 1. The van der Waals surface area contributed by atoms with Gasteiger partial charge in [-0.2, -0.15) is 0 Å². The van der Waals surface area contributed by atoms with E-state index in [9.17, 15) is 4.79 Å². The van der Waals surface area contributed by atoms with Crippen LogP contribution in [-0.4, -0.2) is 25.0 Å². The molecule has 0 spiro atoms. The van der Waals surface area contributed by atoms with Gasteiger partial charge < -0.3 is 10.6 Å². The van der Waals surface area contributed by atoms with E-state index in [2.05, 4.69) is 10.6 Å². The second-order valence-corrected chi connectivity index (χ2v) is 5.39. The Bertz CT molecular complexity index is 482. The highest BCUT2D eigenvalue weighted by Gasteiger charge is 2.13. The van der Waals surface area contributed by atoms with Gasteiger partial charge in [0.1, 0.15) is 0 Å². The zero-order chi connectivity index (χ0) is 13.7. The third kappa shape index (κ3) is 4.53. The third-order valence-electron chi connectivity index (χ3n) is 3.02. The van der Waals surface area contributed by atoms with Crippen LogP contribution in [0.3, 0.4) is 0 Å². The molecule has 0 radical (unpaired) electrons. The van der Waals surface area contributed by atoms with E-state index in [0.29, 0.717) is 10.0 Å². The van der Waals surface area contributed by atoms with Crippen LogP contribution in [-0.2, 0) is 4.79 Å². The zero-order valence-electron chi connectivity index (χ0n) is 10.5. The van der Waals surface area contributed by atoms with Crippen molar-refractivity contribution in [1.82, 2.24) is 10.6 Å². The molecule has 1 aliphatic heterocycles. The van der Waals surface area contributed by atoms with Gasteiger partial charge in [-0.3, -0.25) is 4.79 Å². The lowest BCUT2D eigenvalue weighted by Gasteiger charge is -2.23. The van der Waals surface area contributed by atoms with Gasteiger partial charge in [0.2, 0.25) is 5.91 Å². The molecule has 3 nitrogen and oxygen atoms in total. The van der Waals surface area contributed by atoms with Crippen molar-refractivity contribution in [3.63, 3.8) is 0 Å². The predicted molar refractivity (Wildman–Crippen MR) is 79.5 cm³/mol. The van der Waals surface area contributed by atoms with Gasteiger partial charge in [-0.15, -0.1) is 0 Å². The minimum Gasteiger partial charge on any atom is -0.349 e. The van der Waals surface area contributed by atoms with Crippen LogP contribution in [0.5, 0.6) is 0 Å². The van der Waals surface area contributed by atoms with Crippen molar-refractivity contribution in [2.24, 2.45) is 0 Å². The number of carbonyl (C=O) groups excluding carboxylic acids is 1. The van der Waals surface area contributed by atoms with Crippen LogP contribution in [0.25, 0.3) is 6.08 Å². The van der Waals surface area contributed by atoms with E-state index in [0.717, 1.165) is 31.5 Å². The lowest BCUT2D eigenvalue weighted by atomic mass is 10.1. The molecule has 5 heteroatoms. The quantitative estimate of drug-likeness (QED) is 0.843. The number of hydrogen-bond donors (Lipinski definition) is 2. The lowest BCUT2D eigenvalue weighted by Crippen LogP contribution is -2.45. The monoisotopic (exact) mass is 298 g/mol. The summed E-state index contributed by atoms with van der Waals surface area (Å²) < 4.78 is 0. The molecular weight excluding hydrogens is 283 g/mol. The van der Waals surface area contributed by atoms with Crippen LogP contribution in [0.1, 0.15) is 18.4 Å². The molecule has 1 heterocycles. The van der Waals surface area contributed by atoms with Crippen LogP contribution in [0.15, 0.2) is 24.3 Å². The number of halogens is 2. The lowest BCUT2D eigenvalue weighted by molar-refractivity contribution is -0.117. The summed E-state index contributed by atoms with van der Waals surface area (Å²) in [4.78, 5) is 11.8. The fourth-order valence-corrected chi connectivity index (χ4v) is 2.50. The Morgan fingerprint density at radius 1 is 1.42 bits per heavy atom. The van der Waals surface area contributed by atoms with Crippen molar-refractivity contribution in [2.45, 2.75) is 18.9 Å². The maximum atomic E-state index is 11.8. The van der Waals surface area contributed by atoms with Gasteiger partial charge in [0.05, 0.1) is 0 Å². The number of nitrogens with one attached hydrogen (secondary N) is 2. The van der Waals surface area contributed by atoms with E-state index >= 15 is 0 Å². The van der Waals surface area contributed by atoms with Crippen LogP contribution >= 0.6 is 23.2 Å². The third-order valence-corrected chi connectivity index (χ3v) is 3.58. The molecule has 1 saturated heterocycles. The van der Waals surface area contributed by atoms with Crippen molar-refractivity contribution in [3.05, 3.63) is 39.9 Å². The minimum absolute atomic E-state index is 0.0975. The van der Waals surface area contributed by atoms with Gasteiger partial charge in [0, 0.05) is 28.7 Å². The van der Waals surface area contributed by atoms with Crippen molar-refractivity contribution in [3.8, 4) is 0 Å². The number of rotatable bonds is 3. The highest BCUT2D eigenvalue weighted by Crippen LogP contribution is 2.21. The van der Waals surface area contributed by atoms with E-state index in [4.69, 9.17) is 23.2 Å². The van der Waals surface area contributed by atoms with Crippen LogP contribution < -0.4 is 10.6 Å². The van der Waals surface area contributed by atoms with E-state index in [1.54, 1.807) is 24.3 Å². The summed E-state index contributed by atoms with van der Waals surface area (Å²) in [6.45, 7) is 1.86. The first-order valence-electron chi connectivity index (χ1n) is 6.29. The number of benzene rings is 1. The topological polar surface area (TPSA) is 41.1 Å². The molecule has 0 aliphatic carbocycles. The Balaban J connectivity index is 1.92. The minimum atomic E-state index is -0.0975. The smallest absolute Gasteiger partial charge is 0.244 e. The van der Waals surface area contributed by atoms with E-state index in [1.165, 1.54) is 6.08 Å². The molecule has 1 amide bonds. The Hall–Kier alpha value is -1.03. The fraction of sp³-hybridized carbons (Fsp3) is 0.357. The molecule has 0 saturated carbocycles. The van der Waals surface area contributed by atoms with E-state index in [1.807, 2.05) is 0 Å². The number of hydrogen-bond acceptors (Lipinski definition) is 2. The maximum absolute atomic E-state index is 11.8. The highest BCUT2D eigenvalue weighted by atomic mass is 35.5. The molecule has 19 heavy (non-hydrogen) atoms. The molecule has 1 unspecified atom stereocenters. The molecule has 1 fully saturated rings. The molecule has 102 valence electrons. The number of piperidine rings is 1. The van der Waals surface area contributed by atoms with Crippen LogP contribution in [0, 0.1) is 0 Å². The number of amides is 1. The summed E-state index contributed by atoms with van der Waals surface area (Å²) in [6, 6.07) is 5.41. The van der Waals surface area contributed by atoms with Gasteiger partial charge in [0.25, 0.3) is 0 Å². The van der Waals surface area contributed by atoms with Crippen molar-refractivity contribution >= 4 is 35.2 Å². The van der Waals surface area contributed by atoms with Gasteiger partial charge >= 0.3 is 0 Å². The second kappa shape index (κ2) is 6.94. The zero-order valence-corrected chi connectivity index (χ0v) is 12.0. The summed E-state index contributed by atoms with van der Waals surface area (Å²) in [5.74, 6) is -0.0975. The molecule has 0 aromatic heterocycles. The van der Waals surface area contributed by atoms with Crippen LogP contribution in [0.4, 0.5) is 0 Å². The Morgan fingerprint density at radius 3 is 2.95 bits per heavy atom. The molecule has 1 aromatic carbocycles. The van der Waals surface area contributed by atoms with Gasteiger partial charge in [-0.05, 0) is 43.2 Å². The summed E-state index contributed by atoms with van der Waals surface area (Å²) in [5, 5.41) is 7.34. The fourth-order valence-electron chi connectivity index (χ4n) is 2.03. The average Bonchev–Trinajstić information content (AvgIpc) is 2.39. The summed E-state index contributed by atoms with van der Waals surface area (Å²) >= 11 is 11.8. The Labute approximate surface area is 123 Å². The van der Waals surface area contributed by atoms with Crippen molar-refractivity contribution < 1.29 is 4.79 Å². The Kier molecular flexibility index (Phi) is 5.25. The van der Waals surface area contributed by atoms with Crippen LogP contribution in [0.2, 0.25) is 10.0 Å². The normalized spacial score (nSPS) is 19.6. The Morgan fingerprint density at radius 2 is 2.26 bits per heavy atom. The molecule has 2 rings (SSSR count). The SMILES string of the molecule is O=C(/C=C/c1ccc(Cl)cc1Cl)NC1CCCNC1. The molecule has 0 bridgehead atoms. The first-order valence-corrected chi connectivity index (χ1v) is 7.05. The summed E-state index contributed by atoms with van der Waals surface area (Å²) in [5.41, 5.74) is 0.781. The first-order chi connectivity index (χ1) is 9.15. The molecular formula is C14H16Cl2N2O. The van der Waals surface area contributed by atoms with E-state index in [-0.39, 0.29) is 11.9 Å². The molecule has 2 N–H and O–H groups in total. The van der Waals surface area contributed by atoms with Gasteiger partial charge in [0.15, 0.2) is 0 Å². The van der Waals surface area contributed by atoms with Crippen molar-refractivity contribution in [2.75, 3.05) is 13.1 Å². The second-order valence-electron chi connectivity index (χ2n) is 4.55. The molecule has 1 atom stereocenters. The van der Waals surface area contributed by atoms with E-state index < -0.39 is 0 Å². The molecule has 1 aliphatic rings. The van der Waals surface area contributed by atoms with Gasteiger partial charge in [-0.25, -0.2) is 0 Å². The average molecular weight is 299 g/mol. The maximum Gasteiger partial charge on any atom is 0.244 e. The first kappa shape index (κ1) is 14.4. The predicted octanol–water partition coefficient (Wildman–Crippen LogP) is 2.87.